The monoisotopic (exact) mass is 488 g/mol. The van der Waals surface area contributed by atoms with Gasteiger partial charge in [-0.05, 0) is 47.4 Å². The number of H-pyrrole nitrogens is 2. The predicted molar refractivity (Wildman–Crippen MR) is 135 cm³/mol. The van der Waals surface area contributed by atoms with Crippen molar-refractivity contribution in [2.45, 2.75) is 31.7 Å². The summed E-state index contributed by atoms with van der Waals surface area (Å²) in [5, 5.41) is 7.34. The fraction of sp³-hybridized carbons (Fsp3) is 0.296. The van der Waals surface area contributed by atoms with Gasteiger partial charge in [0, 0.05) is 30.3 Å². The summed E-state index contributed by atoms with van der Waals surface area (Å²) in [6, 6.07) is 14.3. The molecule has 2 aromatic heterocycles. The van der Waals surface area contributed by atoms with Crippen molar-refractivity contribution < 1.29 is 8.78 Å². The Hall–Kier alpha value is -3.85. The van der Waals surface area contributed by atoms with Gasteiger partial charge in [-0.2, -0.15) is 10.1 Å². The number of benzene rings is 2. The molecule has 1 aliphatic heterocycles. The lowest BCUT2D eigenvalue weighted by Crippen LogP contribution is -2.45. The average Bonchev–Trinajstić information content (AvgIpc) is 3.44. The van der Waals surface area contributed by atoms with E-state index < -0.39 is 6.43 Å². The number of anilines is 1. The first-order valence-corrected chi connectivity index (χ1v) is 12.0. The normalized spacial score (nSPS) is 18.8. The molecule has 1 saturated heterocycles. The second-order valence-electron chi connectivity index (χ2n) is 9.79. The quantitative estimate of drug-likeness (QED) is 0.393. The molecule has 2 aliphatic rings. The van der Waals surface area contributed by atoms with E-state index in [1.807, 2.05) is 6.07 Å². The van der Waals surface area contributed by atoms with Gasteiger partial charge < -0.3 is 10.6 Å². The van der Waals surface area contributed by atoms with Crippen molar-refractivity contribution in [3.8, 4) is 0 Å². The van der Waals surface area contributed by atoms with Crippen LogP contribution in [-0.4, -0.2) is 33.3 Å². The Balaban J connectivity index is 1.25. The van der Waals surface area contributed by atoms with Crippen molar-refractivity contribution in [1.29, 1.82) is 0 Å². The van der Waals surface area contributed by atoms with Gasteiger partial charge >= 0.3 is 0 Å². The zero-order valence-corrected chi connectivity index (χ0v) is 19.6. The van der Waals surface area contributed by atoms with E-state index in [4.69, 9.17) is 5.73 Å². The molecule has 6 rings (SSSR count). The summed E-state index contributed by atoms with van der Waals surface area (Å²) in [7, 11) is 0. The predicted octanol–water partition coefficient (Wildman–Crippen LogP) is 4.49. The lowest BCUT2D eigenvalue weighted by Gasteiger charge is -2.42. The van der Waals surface area contributed by atoms with Crippen LogP contribution in [0.25, 0.3) is 16.6 Å². The van der Waals surface area contributed by atoms with Crippen LogP contribution in [0.1, 0.15) is 53.3 Å². The van der Waals surface area contributed by atoms with Crippen LogP contribution in [0.4, 0.5) is 14.7 Å². The van der Waals surface area contributed by atoms with E-state index in [9.17, 15) is 13.6 Å². The highest BCUT2D eigenvalue weighted by Crippen LogP contribution is 2.50. The first-order valence-electron chi connectivity index (χ1n) is 12.0. The summed E-state index contributed by atoms with van der Waals surface area (Å²) in [5.74, 6) is 0.479. The summed E-state index contributed by atoms with van der Waals surface area (Å²) in [6.45, 7) is 5.46. The fourth-order valence-electron chi connectivity index (χ4n) is 5.76. The highest BCUT2D eigenvalue weighted by molar-refractivity contribution is 5.92. The Morgan fingerprint density at radius 1 is 1.17 bits per heavy atom. The molecular formula is C27H26F2N6O. The number of hydrogen-bond donors (Lipinski definition) is 3. The van der Waals surface area contributed by atoms with Crippen LogP contribution in [0.5, 0.6) is 0 Å². The van der Waals surface area contributed by atoms with Crippen LogP contribution in [-0.2, 0) is 6.42 Å². The van der Waals surface area contributed by atoms with E-state index in [-0.39, 0.29) is 28.0 Å². The van der Waals surface area contributed by atoms with Crippen molar-refractivity contribution in [3.05, 3.63) is 93.4 Å². The largest absolute Gasteiger partial charge is 0.342 e. The number of fused-ring (bicyclic) bond motifs is 2. The maximum absolute atomic E-state index is 13.2. The van der Waals surface area contributed by atoms with Crippen molar-refractivity contribution in [1.82, 2.24) is 20.2 Å². The van der Waals surface area contributed by atoms with E-state index >= 15 is 0 Å². The molecule has 0 radical (unpaired) electrons. The molecule has 36 heavy (non-hydrogen) atoms. The molecule has 7 nitrogen and oxygen atoms in total. The van der Waals surface area contributed by atoms with Gasteiger partial charge in [0.05, 0.1) is 0 Å². The van der Waals surface area contributed by atoms with Crippen LogP contribution in [0.2, 0.25) is 0 Å². The topological polar surface area (TPSA) is 104 Å². The van der Waals surface area contributed by atoms with Gasteiger partial charge in [0.1, 0.15) is 11.1 Å². The summed E-state index contributed by atoms with van der Waals surface area (Å²) < 4.78 is 26.3. The molecular weight excluding hydrogens is 462 g/mol. The number of nitrogens with zero attached hydrogens (tertiary/aromatic N) is 3. The van der Waals surface area contributed by atoms with Crippen LogP contribution in [0, 0.1) is 5.41 Å². The minimum atomic E-state index is -2.60. The number of hydrogen-bond acceptors (Lipinski definition) is 5. The summed E-state index contributed by atoms with van der Waals surface area (Å²) in [6.07, 6.45) is 0.171. The lowest BCUT2D eigenvalue weighted by atomic mass is 9.73. The smallest absolute Gasteiger partial charge is 0.264 e. The zero-order valence-electron chi connectivity index (χ0n) is 19.6. The maximum Gasteiger partial charge on any atom is 0.264 e. The van der Waals surface area contributed by atoms with Crippen molar-refractivity contribution in [3.63, 3.8) is 0 Å². The van der Waals surface area contributed by atoms with E-state index in [2.05, 4.69) is 49.8 Å². The van der Waals surface area contributed by atoms with Gasteiger partial charge in [-0.3, -0.25) is 14.9 Å². The molecule has 0 bridgehead atoms. The highest BCUT2D eigenvalue weighted by atomic mass is 19.3. The average molecular weight is 489 g/mol. The van der Waals surface area contributed by atoms with Gasteiger partial charge in [-0.25, -0.2) is 8.78 Å². The van der Waals surface area contributed by atoms with Gasteiger partial charge in [0.2, 0.25) is 5.95 Å². The number of halogens is 2. The molecule has 1 fully saturated rings. The molecule has 3 heterocycles. The van der Waals surface area contributed by atoms with Gasteiger partial charge in [0.15, 0.2) is 5.65 Å². The molecule has 2 aromatic carbocycles. The van der Waals surface area contributed by atoms with E-state index in [1.54, 1.807) is 6.07 Å². The molecule has 0 saturated carbocycles. The number of aromatic amines is 2. The number of aromatic nitrogens is 4. The third-order valence-corrected chi connectivity index (χ3v) is 7.84. The molecule has 9 heteroatoms. The van der Waals surface area contributed by atoms with Crippen molar-refractivity contribution >= 4 is 22.6 Å². The number of nitrogens with two attached hydrogens (primary N) is 1. The molecule has 4 N–H and O–H groups in total. The van der Waals surface area contributed by atoms with Gasteiger partial charge in [-0.1, -0.05) is 49.0 Å². The minimum absolute atomic E-state index is 0.00934. The molecule has 0 amide bonds. The number of piperidine rings is 1. The zero-order chi connectivity index (χ0) is 25.0. The third-order valence-electron chi connectivity index (χ3n) is 7.84. The highest BCUT2D eigenvalue weighted by Gasteiger charge is 2.46. The summed E-state index contributed by atoms with van der Waals surface area (Å²) in [5.41, 5.74) is 10.3. The van der Waals surface area contributed by atoms with Crippen LogP contribution in [0.15, 0.2) is 59.9 Å². The Morgan fingerprint density at radius 2 is 1.94 bits per heavy atom. The third kappa shape index (κ3) is 3.53. The molecule has 0 unspecified atom stereocenters. The van der Waals surface area contributed by atoms with Crippen molar-refractivity contribution in [2.24, 2.45) is 11.1 Å². The Kier molecular flexibility index (Phi) is 5.26. The lowest BCUT2D eigenvalue weighted by molar-refractivity contribution is 0.151. The maximum atomic E-state index is 13.2. The van der Waals surface area contributed by atoms with Gasteiger partial charge in [-0.15, -0.1) is 0 Å². The Bertz CT molecular complexity index is 1530. The van der Waals surface area contributed by atoms with Crippen molar-refractivity contribution in [2.75, 3.05) is 18.0 Å². The number of rotatable bonds is 4. The van der Waals surface area contributed by atoms with Crippen LogP contribution < -0.4 is 16.2 Å². The molecule has 1 atom stereocenters. The Morgan fingerprint density at radius 3 is 2.69 bits per heavy atom. The van der Waals surface area contributed by atoms with E-state index in [0.717, 1.165) is 32.4 Å². The standard InChI is InChI=1S/C27H26F2N6O/c1-15(16-6-4-7-17(13-16)23(28)29)21-20-24(34-33-21)31-26(32-25(20)36)35-11-9-27(10-12-35)14-18-5-2-3-8-19(18)22(27)30/h2-8,13,22-23H,1,9-12,14,30H2,(H2,31,32,33,34,36)/t22-/m1/s1. The molecule has 1 spiro atoms. The van der Waals surface area contributed by atoms with E-state index in [0.29, 0.717) is 28.4 Å². The second-order valence-corrected chi connectivity index (χ2v) is 9.79. The molecule has 1 aliphatic carbocycles. The fourth-order valence-corrected chi connectivity index (χ4v) is 5.76. The number of nitrogens with one attached hydrogen (secondary N) is 2. The molecule has 4 aromatic rings. The summed E-state index contributed by atoms with van der Waals surface area (Å²) in [4.78, 5) is 22.7. The first-order chi connectivity index (χ1) is 17.4. The minimum Gasteiger partial charge on any atom is -0.342 e. The Labute approximate surface area is 206 Å². The second kappa shape index (κ2) is 8.37. The summed E-state index contributed by atoms with van der Waals surface area (Å²) >= 11 is 0. The van der Waals surface area contributed by atoms with Crippen LogP contribution in [0.3, 0.4) is 0 Å². The van der Waals surface area contributed by atoms with Crippen LogP contribution >= 0.6 is 0 Å². The number of alkyl halides is 2. The SMILES string of the molecule is C=C(c1cccc(C(F)F)c1)c1n[nH]c2nc(N3CCC4(CC3)Cc3ccccc3[C@H]4N)[nH]c(=O)c12. The molecule has 184 valence electrons. The van der Waals surface area contributed by atoms with E-state index in [1.165, 1.54) is 29.3 Å². The van der Waals surface area contributed by atoms with Gasteiger partial charge in [0.25, 0.3) is 12.0 Å². The first kappa shape index (κ1) is 22.6.